The summed E-state index contributed by atoms with van der Waals surface area (Å²) in [6.07, 6.45) is 4.25. The number of aliphatic hydroxyl groups excluding tert-OH is 1. The molecule has 2 atom stereocenters. The summed E-state index contributed by atoms with van der Waals surface area (Å²) >= 11 is 0. The van der Waals surface area contributed by atoms with E-state index in [4.69, 9.17) is 5.11 Å². The highest BCUT2D eigenvalue weighted by molar-refractivity contribution is 5.80. The Hall–Kier alpha value is -1.10. The van der Waals surface area contributed by atoms with Crippen molar-refractivity contribution in [2.24, 2.45) is 11.8 Å². The van der Waals surface area contributed by atoms with Crippen LogP contribution < -0.4 is 5.32 Å². The average Bonchev–Trinajstić information content (AvgIpc) is 2.34. The molecule has 0 aromatic carbocycles. The molecule has 0 bridgehead atoms. The van der Waals surface area contributed by atoms with Crippen molar-refractivity contribution in [1.82, 2.24) is 5.32 Å². The number of hydrogen-bond acceptors (Lipinski definition) is 3. The van der Waals surface area contributed by atoms with Crippen molar-refractivity contribution in [2.45, 2.75) is 38.5 Å². The summed E-state index contributed by atoms with van der Waals surface area (Å²) in [5.41, 5.74) is 0. The van der Waals surface area contributed by atoms with Gasteiger partial charge in [0.2, 0.25) is 5.91 Å². The maximum Gasteiger partial charge on any atom is 0.303 e. The van der Waals surface area contributed by atoms with Crippen molar-refractivity contribution >= 4 is 11.9 Å². The van der Waals surface area contributed by atoms with E-state index < -0.39 is 5.97 Å². The second-order valence-electron chi connectivity index (χ2n) is 4.69. The molecule has 17 heavy (non-hydrogen) atoms. The molecule has 5 nitrogen and oxygen atoms in total. The Bertz CT molecular complexity index is 267. The first-order chi connectivity index (χ1) is 8.13. The number of carboxylic acids is 1. The number of carbonyl (C=O) groups excluding carboxylic acids is 1. The lowest BCUT2D eigenvalue weighted by molar-refractivity contribution is -0.138. The van der Waals surface area contributed by atoms with E-state index in [0.717, 1.165) is 25.7 Å². The quantitative estimate of drug-likeness (QED) is 0.643. The highest BCUT2D eigenvalue weighted by Crippen LogP contribution is 2.28. The fourth-order valence-electron chi connectivity index (χ4n) is 2.35. The summed E-state index contributed by atoms with van der Waals surface area (Å²) in [5.74, 6) is -0.549. The van der Waals surface area contributed by atoms with Crippen molar-refractivity contribution in [3.05, 3.63) is 0 Å². The lowest BCUT2D eigenvalue weighted by Gasteiger charge is -2.30. The van der Waals surface area contributed by atoms with E-state index in [1.54, 1.807) is 0 Å². The molecule has 0 radical (unpaired) electrons. The summed E-state index contributed by atoms with van der Waals surface area (Å²) in [5, 5.41) is 20.4. The number of aliphatic carboxylic acids is 1. The lowest BCUT2D eigenvalue weighted by Crippen LogP contribution is -2.35. The molecule has 0 aromatic heterocycles. The Labute approximate surface area is 101 Å². The van der Waals surface area contributed by atoms with E-state index in [1.807, 2.05) is 0 Å². The number of hydrogen-bond donors (Lipinski definition) is 3. The van der Waals surface area contributed by atoms with Gasteiger partial charge in [-0.1, -0.05) is 12.8 Å². The standard InChI is InChI=1S/C12H21NO4/c14-8-10-4-2-1-3-9(10)7-13-11(15)5-6-12(16)17/h9-10,14H,1-8H2,(H,13,15)(H,16,17). The van der Waals surface area contributed by atoms with E-state index >= 15 is 0 Å². The molecule has 0 spiro atoms. The van der Waals surface area contributed by atoms with E-state index in [-0.39, 0.29) is 31.3 Å². The van der Waals surface area contributed by atoms with E-state index in [9.17, 15) is 14.7 Å². The van der Waals surface area contributed by atoms with Gasteiger partial charge in [0.1, 0.15) is 0 Å². The smallest absolute Gasteiger partial charge is 0.303 e. The van der Waals surface area contributed by atoms with Crippen molar-refractivity contribution in [3.8, 4) is 0 Å². The number of carboxylic acid groups (broad SMARTS) is 1. The van der Waals surface area contributed by atoms with Gasteiger partial charge < -0.3 is 15.5 Å². The van der Waals surface area contributed by atoms with E-state index in [0.29, 0.717) is 12.5 Å². The molecule has 1 amide bonds. The molecule has 0 heterocycles. The monoisotopic (exact) mass is 243 g/mol. The number of carbonyl (C=O) groups is 2. The molecular weight excluding hydrogens is 222 g/mol. The van der Waals surface area contributed by atoms with Gasteiger partial charge in [-0.15, -0.1) is 0 Å². The molecule has 1 aliphatic rings. The van der Waals surface area contributed by atoms with Crippen molar-refractivity contribution in [1.29, 1.82) is 0 Å². The fraction of sp³-hybridized carbons (Fsp3) is 0.833. The Balaban J connectivity index is 2.23. The zero-order valence-corrected chi connectivity index (χ0v) is 10.0. The molecule has 0 saturated heterocycles. The van der Waals surface area contributed by atoms with Gasteiger partial charge in [0.05, 0.1) is 6.42 Å². The summed E-state index contributed by atoms with van der Waals surface area (Å²) < 4.78 is 0. The van der Waals surface area contributed by atoms with Gasteiger partial charge in [0, 0.05) is 19.6 Å². The van der Waals surface area contributed by atoms with Gasteiger partial charge in [0.15, 0.2) is 0 Å². The Morgan fingerprint density at radius 1 is 1.12 bits per heavy atom. The molecule has 1 rings (SSSR count). The highest BCUT2D eigenvalue weighted by Gasteiger charge is 2.24. The molecule has 1 fully saturated rings. The normalized spacial score (nSPS) is 24.3. The zero-order valence-electron chi connectivity index (χ0n) is 10.0. The molecule has 1 saturated carbocycles. The molecule has 0 aromatic rings. The fourth-order valence-corrected chi connectivity index (χ4v) is 2.35. The molecule has 0 aliphatic heterocycles. The van der Waals surface area contributed by atoms with Crippen LogP contribution in [0.25, 0.3) is 0 Å². The third kappa shape index (κ3) is 5.17. The van der Waals surface area contributed by atoms with Gasteiger partial charge in [0.25, 0.3) is 0 Å². The molecule has 98 valence electrons. The second kappa shape index (κ2) is 7.27. The van der Waals surface area contributed by atoms with Gasteiger partial charge in [-0.25, -0.2) is 0 Å². The first-order valence-corrected chi connectivity index (χ1v) is 6.23. The van der Waals surface area contributed by atoms with Crippen LogP contribution in [-0.4, -0.2) is 35.2 Å². The Kier molecular flexibility index (Phi) is 5.97. The van der Waals surface area contributed by atoms with Crippen LogP contribution in [0.2, 0.25) is 0 Å². The SMILES string of the molecule is O=C(O)CCC(=O)NCC1CCCCC1CO. The molecule has 2 unspecified atom stereocenters. The van der Waals surface area contributed by atoms with Crippen LogP contribution in [0.5, 0.6) is 0 Å². The number of aliphatic hydroxyl groups is 1. The van der Waals surface area contributed by atoms with Crippen molar-refractivity contribution < 1.29 is 19.8 Å². The Morgan fingerprint density at radius 3 is 2.35 bits per heavy atom. The van der Waals surface area contributed by atoms with Crippen LogP contribution >= 0.6 is 0 Å². The third-order valence-corrected chi connectivity index (χ3v) is 3.43. The lowest BCUT2D eigenvalue weighted by atomic mass is 9.79. The molecule has 5 heteroatoms. The molecular formula is C12H21NO4. The topological polar surface area (TPSA) is 86.6 Å². The minimum atomic E-state index is -0.953. The van der Waals surface area contributed by atoms with Crippen LogP contribution in [0.1, 0.15) is 38.5 Å². The van der Waals surface area contributed by atoms with Crippen LogP contribution in [0, 0.1) is 11.8 Å². The summed E-state index contributed by atoms with van der Waals surface area (Å²) in [7, 11) is 0. The predicted molar refractivity (Wildman–Crippen MR) is 62.4 cm³/mol. The third-order valence-electron chi connectivity index (χ3n) is 3.43. The van der Waals surface area contributed by atoms with E-state index in [2.05, 4.69) is 5.32 Å². The zero-order chi connectivity index (χ0) is 12.7. The minimum Gasteiger partial charge on any atom is -0.481 e. The van der Waals surface area contributed by atoms with Gasteiger partial charge in [-0.05, 0) is 24.7 Å². The van der Waals surface area contributed by atoms with Gasteiger partial charge >= 0.3 is 5.97 Å². The summed E-state index contributed by atoms with van der Waals surface area (Å²) in [6, 6.07) is 0. The van der Waals surface area contributed by atoms with Crippen molar-refractivity contribution in [2.75, 3.05) is 13.2 Å². The predicted octanol–water partition coefficient (Wildman–Crippen LogP) is 0.766. The van der Waals surface area contributed by atoms with Crippen LogP contribution in [0.15, 0.2) is 0 Å². The Morgan fingerprint density at radius 2 is 1.76 bits per heavy atom. The summed E-state index contributed by atoms with van der Waals surface area (Å²) in [6.45, 7) is 0.735. The maximum absolute atomic E-state index is 11.3. The largest absolute Gasteiger partial charge is 0.481 e. The highest BCUT2D eigenvalue weighted by atomic mass is 16.4. The van der Waals surface area contributed by atoms with Crippen LogP contribution in [0.4, 0.5) is 0 Å². The minimum absolute atomic E-state index is 0.0336. The average molecular weight is 243 g/mol. The van der Waals surface area contributed by atoms with Gasteiger partial charge in [-0.3, -0.25) is 9.59 Å². The van der Waals surface area contributed by atoms with Crippen LogP contribution in [-0.2, 0) is 9.59 Å². The first-order valence-electron chi connectivity index (χ1n) is 6.23. The van der Waals surface area contributed by atoms with Crippen molar-refractivity contribution in [3.63, 3.8) is 0 Å². The summed E-state index contributed by atoms with van der Waals surface area (Å²) in [4.78, 5) is 21.6. The second-order valence-corrected chi connectivity index (χ2v) is 4.69. The van der Waals surface area contributed by atoms with Crippen LogP contribution in [0.3, 0.4) is 0 Å². The molecule has 1 aliphatic carbocycles. The number of nitrogens with one attached hydrogen (secondary N) is 1. The number of amides is 1. The number of rotatable bonds is 6. The first kappa shape index (κ1) is 14.0. The van der Waals surface area contributed by atoms with Gasteiger partial charge in [-0.2, -0.15) is 0 Å². The maximum atomic E-state index is 11.3. The molecule has 3 N–H and O–H groups in total. The van der Waals surface area contributed by atoms with E-state index in [1.165, 1.54) is 0 Å².